The van der Waals surface area contributed by atoms with E-state index in [-0.39, 0.29) is 18.4 Å². The molecular weight excluding hydrogens is 308 g/mol. The number of nitrogens with two attached hydrogens (primary N) is 1. The van der Waals surface area contributed by atoms with Crippen LogP contribution in [-0.2, 0) is 11.2 Å². The predicted molar refractivity (Wildman–Crippen MR) is 93.5 cm³/mol. The van der Waals surface area contributed by atoms with Crippen LogP contribution in [0.25, 0.3) is 0 Å². The van der Waals surface area contributed by atoms with Crippen LogP contribution >= 0.6 is 0 Å². The Kier molecular flexibility index (Phi) is 6.72. The number of benzene rings is 1. The van der Waals surface area contributed by atoms with Gasteiger partial charge in [-0.05, 0) is 42.9 Å². The van der Waals surface area contributed by atoms with Crippen molar-refractivity contribution in [2.45, 2.75) is 19.3 Å². The molecule has 1 saturated carbocycles. The molecule has 1 amide bonds. The lowest BCUT2D eigenvalue weighted by molar-refractivity contribution is -0.119. The molecule has 1 fully saturated rings. The monoisotopic (exact) mass is 334 g/mol. The average molecular weight is 334 g/mol. The zero-order valence-corrected chi connectivity index (χ0v) is 14.3. The van der Waals surface area contributed by atoms with Crippen LogP contribution in [-0.4, -0.2) is 45.7 Å². The predicted octanol–water partition coefficient (Wildman–Crippen LogP) is 0.677. The van der Waals surface area contributed by atoms with Gasteiger partial charge in [-0.3, -0.25) is 4.79 Å². The van der Waals surface area contributed by atoms with E-state index in [1.807, 2.05) is 18.2 Å². The molecule has 2 rings (SSSR count). The lowest BCUT2D eigenvalue weighted by Crippen LogP contribution is -2.35. The first-order valence-electron chi connectivity index (χ1n) is 8.13. The lowest BCUT2D eigenvalue weighted by Gasteiger charge is -2.10. The molecule has 0 heterocycles. The number of hydrogen-bond acceptors (Lipinski definition) is 4. The molecular formula is C17H26N4O3. The highest BCUT2D eigenvalue weighted by molar-refractivity contribution is 5.83. The maximum absolute atomic E-state index is 11.6. The second kappa shape index (κ2) is 9.00. The van der Waals surface area contributed by atoms with Gasteiger partial charge in [0.15, 0.2) is 17.5 Å². The van der Waals surface area contributed by atoms with Crippen molar-refractivity contribution in [3.05, 3.63) is 23.8 Å². The molecule has 0 unspecified atom stereocenters. The number of carbonyl (C=O) groups is 1. The van der Waals surface area contributed by atoms with Crippen LogP contribution in [0.1, 0.15) is 18.4 Å². The highest BCUT2D eigenvalue weighted by atomic mass is 16.5. The molecule has 0 atom stereocenters. The number of nitrogens with one attached hydrogen (secondary N) is 2. The van der Waals surface area contributed by atoms with Crippen LogP contribution in [0, 0.1) is 5.92 Å². The van der Waals surface area contributed by atoms with Crippen LogP contribution in [0.4, 0.5) is 0 Å². The Morgan fingerprint density at radius 2 is 2.00 bits per heavy atom. The van der Waals surface area contributed by atoms with E-state index in [0.717, 1.165) is 18.5 Å². The van der Waals surface area contributed by atoms with Gasteiger partial charge in [-0.1, -0.05) is 6.07 Å². The zero-order chi connectivity index (χ0) is 17.4. The third-order valence-electron chi connectivity index (χ3n) is 3.85. The number of nitrogens with zero attached hydrogens (tertiary/aromatic N) is 1. The molecule has 4 N–H and O–H groups in total. The van der Waals surface area contributed by atoms with E-state index in [4.69, 9.17) is 15.2 Å². The van der Waals surface area contributed by atoms with E-state index in [1.165, 1.54) is 12.8 Å². The molecule has 0 radical (unpaired) electrons. The summed E-state index contributed by atoms with van der Waals surface area (Å²) in [5.74, 6) is 2.25. The van der Waals surface area contributed by atoms with E-state index in [2.05, 4.69) is 15.6 Å². The van der Waals surface area contributed by atoms with Crippen molar-refractivity contribution in [2.24, 2.45) is 16.6 Å². The summed E-state index contributed by atoms with van der Waals surface area (Å²) >= 11 is 0. The van der Waals surface area contributed by atoms with E-state index in [0.29, 0.717) is 24.0 Å². The van der Waals surface area contributed by atoms with Crippen molar-refractivity contribution in [1.29, 1.82) is 0 Å². The SMILES string of the molecule is COc1ccc(CCNC(N)=NCC(=O)NCC2CC2)cc1OC. The molecule has 0 spiro atoms. The molecule has 0 saturated heterocycles. The highest BCUT2D eigenvalue weighted by Crippen LogP contribution is 2.28. The van der Waals surface area contributed by atoms with Crippen LogP contribution < -0.4 is 25.8 Å². The van der Waals surface area contributed by atoms with Gasteiger partial charge in [-0.25, -0.2) is 4.99 Å². The summed E-state index contributed by atoms with van der Waals surface area (Å²) < 4.78 is 10.5. The van der Waals surface area contributed by atoms with Crippen molar-refractivity contribution in [3.63, 3.8) is 0 Å². The Hall–Kier alpha value is -2.44. The molecule has 24 heavy (non-hydrogen) atoms. The van der Waals surface area contributed by atoms with Crippen LogP contribution in [0.3, 0.4) is 0 Å². The van der Waals surface area contributed by atoms with Gasteiger partial charge in [-0.2, -0.15) is 0 Å². The molecule has 1 aliphatic carbocycles. The van der Waals surface area contributed by atoms with Gasteiger partial charge in [0.1, 0.15) is 6.54 Å². The van der Waals surface area contributed by atoms with Gasteiger partial charge in [0.25, 0.3) is 0 Å². The molecule has 1 aromatic rings. The number of rotatable bonds is 9. The fourth-order valence-electron chi connectivity index (χ4n) is 2.22. The summed E-state index contributed by atoms with van der Waals surface area (Å²) in [5, 5.41) is 5.86. The smallest absolute Gasteiger partial charge is 0.241 e. The molecule has 0 aromatic heterocycles. The first kappa shape index (κ1) is 17.9. The van der Waals surface area contributed by atoms with Crippen LogP contribution in [0.2, 0.25) is 0 Å². The molecule has 1 aliphatic rings. The third kappa shape index (κ3) is 5.98. The van der Waals surface area contributed by atoms with Crippen molar-refractivity contribution < 1.29 is 14.3 Å². The van der Waals surface area contributed by atoms with Crippen LogP contribution in [0.15, 0.2) is 23.2 Å². The number of amides is 1. The van der Waals surface area contributed by atoms with Gasteiger partial charge in [0, 0.05) is 13.1 Å². The maximum atomic E-state index is 11.6. The largest absolute Gasteiger partial charge is 0.493 e. The summed E-state index contributed by atoms with van der Waals surface area (Å²) in [5.41, 5.74) is 6.86. The van der Waals surface area contributed by atoms with Crippen molar-refractivity contribution in [3.8, 4) is 11.5 Å². The lowest BCUT2D eigenvalue weighted by atomic mass is 10.1. The minimum Gasteiger partial charge on any atom is -0.493 e. The number of guanidine groups is 1. The first-order valence-corrected chi connectivity index (χ1v) is 8.13. The molecule has 7 nitrogen and oxygen atoms in total. The number of hydrogen-bond donors (Lipinski definition) is 3. The number of aliphatic imine (C=N–C) groups is 1. The second-order valence-electron chi connectivity index (χ2n) is 5.82. The van der Waals surface area contributed by atoms with Gasteiger partial charge in [0.05, 0.1) is 14.2 Å². The fraction of sp³-hybridized carbons (Fsp3) is 0.529. The van der Waals surface area contributed by atoms with Crippen molar-refractivity contribution in [1.82, 2.24) is 10.6 Å². The third-order valence-corrected chi connectivity index (χ3v) is 3.85. The Bertz CT molecular complexity index is 585. The Labute approximate surface area is 142 Å². The zero-order valence-electron chi connectivity index (χ0n) is 14.3. The summed E-state index contributed by atoms with van der Waals surface area (Å²) in [6.45, 7) is 1.43. The molecule has 132 valence electrons. The molecule has 7 heteroatoms. The van der Waals surface area contributed by atoms with E-state index in [1.54, 1.807) is 14.2 Å². The van der Waals surface area contributed by atoms with E-state index in [9.17, 15) is 4.79 Å². The van der Waals surface area contributed by atoms with Crippen molar-refractivity contribution >= 4 is 11.9 Å². The fourth-order valence-corrected chi connectivity index (χ4v) is 2.22. The Morgan fingerprint density at radius 1 is 1.25 bits per heavy atom. The Morgan fingerprint density at radius 3 is 2.67 bits per heavy atom. The van der Waals surface area contributed by atoms with Gasteiger partial charge >= 0.3 is 0 Å². The van der Waals surface area contributed by atoms with Gasteiger partial charge < -0.3 is 25.8 Å². The van der Waals surface area contributed by atoms with E-state index < -0.39 is 0 Å². The number of methoxy groups -OCH3 is 2. The number of ether oxygens (including phenoxy) is 2. The minimum atomic E-state index is -0.0912. The quantitative estimate of drug-likeness (QED) is 0.456. The molecule has 0 bridgehead atoms. The molecule has 1 aromatic carbocycles. The first-order chi connectivity index (χ1) is 11.6. The summed E-state index contributed by atoms with van der Waals surface area (Å²) in [7, 11) is 3.22. The second-order valence-corrected chi connectivity index (χ2v) is 5.82. The molecule has 0 aliphatic heterocycles. The standard InChI is InChI=1S/C17H26N4O3/c1-23-14-6-5-12(9-15(14)24-2)7-8-19-17(18)21-11-16(22)20-10-13-3-4-13/h5-6,9,13H,3-4,7-8,10-11H2,1-2H3,(H,20,22)(H3,18,19,21). The average Bonchev–Trinajstić information content (AvgIpc) is 3.42. The van der Waals surface area contributed by atoms with Gasteiger partial charge in [0.2, 0.25) is 5.91 Å². The normalized spacial score (nSPS) is 14.2. The van der Waals surface area contributed by atoms with Crippen LogP contribution in [0.5, 0.6) is 11.5 Å². The summed E-state index contributed by atoms with van der Waals surface area (Å²) in [6.07, 6.45) is 3.18. The number of carbonyl (C=O) groups excluding carboxylic acids is 1. The maximum Gasteiger partial charge on any atom is 0.241 e. The highest BCUT2D eigenvalue weighted by Gasteiger charge is 2.21. The van der Waals surface area contributed by atoms with E-state index >= 15 is 0 Å². The van der Waals surface area contributed by atoms with Crippen molar-refractivity contribution in [2.75, 3.05) is 33.9 Å². The summed E-state index contributed by atoms with van der Waals surface area (Å²) in [4.78, 5) is 15.6. The summed E-state index contributed by atoms with van der Waals surface area (Å²) in [6, 6.07) is 5.77. The topological polar surface area (TPSA) is 98.0 Å². The Balaban J connectivity index is 1.70. The minimum absolute atomic E-state index is 0.0575. The van der Waals surface area contributed by atoms with Gasteiger partial charge in [-0.15, -0.1) is 0 Å².